The van der Waals surface area contributed by atoms with Crippen LogP contribution < -0.4 is 10.2 Å². The van der Waals surface area contributed by atoms with E-state index >= 15 is 0 Å². The normalized spacial score (nSPS) is 14.0. The molecule has 3 rings (SSSR count). The van der Waals surface area contributed by atoms with Gasteiger partial charge in [0.25, 0.3) is 0 Å². The van der Waals surface area contributed by atoms with Gasteiger partial charge in [-0.15, -0.1) is 0 Å². The van der Waals surface area contributed by atoms with E-state index in [0.717, 1.165) is 49.7 Å². The topological polar surface area (TPSA) is 71.1 Å². The van der Waals surface area contributed by atoms with E-state index in [0.29, 0.717) is 0 Å². The molecule has 0 radical (unpaired) electrons. The van der Waals surface area contributed by atoms with E-state index in [9.17, 15) is 14.0 Å². The first-order valence-corrected chi connectivity index (χ1v) is 9.95. The van der Waals surface area contributed by atoms with E-state index in [1.54, 1.807) is 0 Å². The Hall–Kier alpha value is -3.39. The molecule has 0 atom stereocenters. The lowest BCUT2D eigenvalue weighted by Gasteiger charge is -2.36. The minimum atomic E-state index is -0.769. The van der Waals surface area contributed by atoms with Gasteiger partial charge in [0.1, 0.15) is 5.82 Å². The summed E-state index contributed by atoms with van der Waals surface area (Å²) in [4.78, 5) is 28.1. The third-order valence-corrected chi connectivity index (χ3v) is 5.09. The van der Waals surface area contributed by atoms with Crippen molar-refractivity contribution in [2.24, 2.45) is 0 Å². The fourth-order valence-electron chi connectivity index (χ4n) is 3.41. The molecular weight excluding hydrogens is 401 g/mol. The molecule has 164 valence electrons. The predicted molar refractivity (Wildman–Crippen MR) is 116 cm³/mol. The number of piperazine rings is 1. The number of hydrogen-bond donors (Lipinski definition) is 1. The van der Waals surface area contributed by atoms with E-state index in [1.165, 1.54) is 32.6 Å². The van der Waals surface area contributed by atoms with Crippen LogP contribution in [-0.2, 0) is 25.6 Å². The smallest absolute Gasteiger partial charge is 0.346 e. The number of nitrogens with one attached hydrogen (secondary N) is 1. The van der Waals surface area contributed by atoms with Crippen LogP contribution in [0.25, 0.3) is 0 Å². The number of carbonyl (C=O) groups is 2. The Morgan fingerprint density at radius 1 is 1.00 bits per heavy atom. The van der Waals surface area contributed by atoms with Gasteiger partial charge < -0.3 is 19.7 Å². The van der Waals surface area contributed by atoms with Crippen molar-refractivity contribution < 1.29 is 23.5 Å². The second-order valence-corrected chi connectivity index (χ2v) is 7.13. The van der Waals surface area contributed by atoms with Crippen LogP contribution in [0.2, 0.25) is 0 Å². The first-order valence-electron chi connectivity index (χ1n) is 9.95. The molecule has 7 nitrogen and oxygen atoms in total. The number of halogens is 1. The number of methoxy groups -OCH3 is 2. The molecule has 2 aromatic rings. The minimum absolute atomic E-state index is 0.215. The van der Waals surface area contributed by atoms with Crippen molar-refractivity contribution in [3.8, 4) is 0 Å². The number of ether oxygens (including phenoxy) is 2. The van der Waals surface area contributed by atoms with E-state index in [1.807, 2.05) is 36.4 Å². The maximum atomic E-state index is 13.1. The Morgan fingerprint density at radius 3 is 2.26 bits per heavy atom. The highest BCUT2D eigenvalue weighted by Gasteiger charge is 2.20. The summed E-state index contributed by atoms with van der Waals surface area (Å²) in [6, 6.07) is 14.3. The van der Waals surface area contributed by atoms with Crippen LogP contribution in [0.15, 0.2) is 60.3 Å². The van der Waals surface area contributed by atoms with Gasteiger partial charge in [-0.1, -0.05) is 12.1 Å². The van der Waals surface area contributed by atoms with Crippen LogP contribution >= 0.6 is 0 Å². The van der Waals surface area contributed by atoms with Crippen molar-refractivity contribution in [3.63, 3.8) is 0 Å². The van der Waals surface area contributed by atoms with Crippen molar-refractivity contribution in [1.82, 2.24) is 4.90 Å². The van der Waals surface area contributed by atoms with Crippen LogP contribution in [0.3, 0.4) is 0 Å². The van der Waals surface area contributed by atoms with Gasteiger partial charge in [-0.2, -0.15) is 0 Å². The first-order chi connectivity index (χ1) is 15.0. The van der Waals surface area contributed by atoms with Crippen LogP contribution in [0.4, 0.5) is 15.8 Å². The number of nitrogens with zero attached hydrogens (tertiary/aromatic N) is 2. The van der Waals surface area contributed by atoms with E-state index in [-0.39, 0.29) is 11.4 Å². The summed E-state index contributed by atoms with van der Waals surface area (Å²) in [7, 11) is 2.41. The Labute approximate surface area is 181 Å². The van der Waals surface area contributed by atoms with Crippen molar-refractivity contribution in [3.05, 3.63) is 71.7 Å². The van der Waals surface area contributed by atoms with Crippen molar-refractivity contribution in [2.45, 2.75) is 6.54 Å². The molecule has 1 saturated heterocycles. The average Bonchev–Trinajstić information content (AvgIpc) is 2.80. The van der Waals surface area contributed by atoms with Gasteiger partial charge in [0, 0.05) is 50.3 Å². The molecule has 8 heteroatoms. The molecule has 0 bridgehead atoms. The molecule has 1 fully saturated rings. The lowest BCUT2D eigenvalue weighted by atomic mass is 10.1. The summed E-state index contributed by atoms with van der Waals surface area (Å²) in [6.45, 7) is 4.30. The molecule has 1 heterocycles. The summed E-state index contributed by atoms with van der Waals surface area (Å²) in [6.07, 6.45) is 1.29. The molecule has 31 heavy (non-hydrogen) atoms. The standard InChI is InChI=1S/C23H26FN3O4/c1-30-22(28)21(23(29)31-2)15-25-19-5-3-4-17(14-19)16-26-10-12-27(13-11-26)20-8-6-18(24)7-9-20/h3-9,14-15,25H,10-13,16H2,1-2H3. The van der Waals surface area contributed by atoms with Crippen LogP contribution in [0, 0.1) is 5.82 Å². The molecule has 1 N–H and O–H groups in total. The van der Waals surface area contributed by atoms with E-state index < -0.39 is 11.9 Å². The summed E-state index contributed by atoms with van der Waals surface area (Å²) in [5, 5.41) is 2.96. The lowest BCUT2D eigenvalue weighted by Crippen LogP contribution is -2.45. The number of carbonyl (C=O) groups excluding carboxylic acids is 2. The Balaban J connectivity index is 1.58. The fraction of sp³-hybridized carbons (Fsp3) is 0.304. The molecule has 0 aromatic heterocycles. The van der Waals surface area contributed by atoms with Crippen LogP contribution in [-0.4, -0.2) is 57.2 Å². The zero-order valence-electron chi connectivity index (χ0n) is 17.6. The van der Waals surface area contributed by atoms with Gasteiger partial charge in [0.05, 0.1) is 14.2 Å². The fourth-order valence-corrected chi connectivity index (χ4v) is 3.41. The lowest BCUT2D eigenvalue weighted by molar-refractivity contribution is -0.144. The maximum absolute atomic E-state index is 13.1. The molecule has 0 amide bonds. The van der Waals surface area contributed by atoms with Crippen LogP contribution in [0.5, 0.6) is 0 Å². The minimum Gasteiger partial charge on any atom is -0.465 e. The SMILES string of the molecule is COC(=O)C(=CNc1cccc(CN2CCN(c3ccc(F)cc3)CC2)c1)C(=O)OC. The highest BCUT2D eigenvalue weighted by atomic mass is 19.1. The Kier molecular flexibility index (Phi) is 7.61. The maximum Gasteiger partial charge on any atom is 0.346 e. The molecule has 0 aliphatic carbocycles. The molecule has 0 spiro atoms. The molecule has 0 unspecified atom stereocenters. The number of benzene rings is 2. The number of esters is 2. The summed E-state index contributed by atoms with van der Waals surface area (Å²) in [5.41, 5.74) is 2.66. The molecular formula is C23H26FN3O4. The summed E-state index contributed by atoms with van der Waals surface area (Å²) in [5.74, 6) is -1.76. The predicted octanol–water partition coefficient (Wildman–Crippen LogP) is 2.79. The zero-order valence-corrected chi connectivity index (χ0v) is 17.6. The molecule has 1 aliphatic heterocycles. The highest BCUT2D eigenvalue weighted by Crippen LogP contribution is 2.19. The molecule has 0 saturated carbocycles. The third-order valence-electron chi connectivity index (χ3n) is 5.09. The largest absolute Gasteiger partial charge is 0.465 e. The number of rotatable bonds is 7. The average molecular weight is 427 g/mol. The highest BCUT2D eigenvalue weighted by molar-refractivity contribution is 6.14. The monoisotopic (exact) mass is 427 g/mol. The summed E-state index contributed by atoms with van der Waals surface area (Å²) < 4.78 is 22.4. The molecule has 1 aliphatic rings. The Bertz CT molecular complexity index is 920. The van der Waals surface area contributed by atoms with Gasteiger partial charge in [-0.05, 0) is 42.0 Å². The zero-order chi connectivity index (χ0) is 22.2. The van der Waals surface area contributed by atoms with Gasteiger partial charge in [0.2, 0.25) is 0 Å². The van der Waals surface area contributed by atoms with Crippen molar-refractivity contribution >= 4 is 23.3 Å². The van der Waals surface area contributed by atoms with Gasteiger partial charge in [0.15, 0.2) is 5.57 Å². The molecule has 2 aromatic carbocycles. The van der Waals surface area contributed by atoms with Crippen LogP contribution in [0.1, 0.15) is 5.56 Å². The number of hydrogen-bond acceptors (Lipinski definition) is 7. The first kappa shape index (κ1) is 22.3. The van der Waals surface area contributed by atoms with Gasteiger partial charge >= 0.3 is 11.9 Å². The number of anilines is 2. The van der Waals surface area contributed by atoms with E-state index in [2.05, 4.69) is 24.6 Å². The quantitative estimate of drug-likeness (QED) is 0.315. The third kappa shape index (κ3) is 6.05. The van der Waals surface area contributed by atoms with E-state index in [4.69, 9.17) is 0 Å². The van der Waals surface area contributed by atoms with Crippen molar-refractivity contribution in [2.75, 3.05) is 50.6 Å². The Morgan fingerprint density at radius 2 is 1.65 bits per heavy atom. The van der Waals surface area contributed by atoms with Gasteiger partial charge in [-0.25, -0.2) is 14.0 Å². The van der Waals surface area contributed by atoms with Gasteiger partial charge in [-0.3, -0.25) is 4.90 Å². The second kappa shape index (κ2) is 10.6. The second-order valence-electron chi connectivity index (χ2n) is 7.13. The van der Waals surface area contributed by atoms with Crippen molar-refractivity contribution in [1.29, 1.82) is 0 Å². The summed E-state index contributed by atoms with van der Waals surface area (Å²) >= 11 is 0.